The molecule has 3 rings (SSSR count). The molecule has 0 bridgehead atoms. The Bertz CT molecular complexity index is 886. The smallest absolute Gasteiger partial charge is 0.255 e. The van der Waals surface area contributed by atoms with Crippen molar-refractivity contribution in [2.75, 3.05) is 11.1 Å². The lowest BCUT2D eigenvalue weighted by Gasteiger charge is -2.09. The molecule has 0 saturated carbocycles. The quantitative estimate of drug-likeness (QED) is 0.726. The Balaban J connectivity index is 1.91. The van der Waals surface area contributed by atoms with E-state index in [9.17, 15) is 9.59 Å². The molecule has 1 heterocycles. The topological polar surface area (TPSA) is 85.1 Å². The molecule has 0 aliphatic carbocycles. The van der Waals surface area contributed by atoms with Crippen LogP contribution in [0.2, 0.25) is 0 Å². The second-order valence-electron chi connectivity index (χ2n) is 4.79. The van der Waals surface area contributed by atoms with Gasteiger partial charge in [-0.05, 0) is 37.3 Å². The van der Waals surface area contributed by atoms with Gasteiger partial charge in [-0.3, -0.25) is 9.59 Å². The summed E-state index contributed by atoms with van der Waals surface area (Å²) in [4.78, 5) is 28.1. The van der Waals surface area contributed by atoms with Crippen molar-refractivity contribution in [3.8, 4) is 0 Å². The summed E-state index contributed by atoms with van der Waals surface area (Å²) < 4.78 is 0.852. The molecule has 0 aliphatic rings. The number of carbonyl (C=O) groups is 2. The van der Waals surface area contributed by atoms with Crippen LogP contribution >= 0.6 is 11.3 Å². The van der Waals surface area contributed by atoms with E-state index in [0.29, 0.717) is 21.9 Å². The van der Waals surface area contributed by atoms with Crippen molar-refractivity contribution in [1.29, 1.82) is 0 Å². The van der Waals surface area contributed by atoms with E-state index in [1.54, 1.807) is 42.5 Å². The van der Waals surface area contributed by atoms with Gasteiger partial charge in [0.15, 0.2) is 10.9 Å². The standard InChI is InChI=1S/C16H13N3O2S/c1-9(20)11-4-2-3-5-12(11)18-15(21)10-6-7-13-14(8-10)22-16(17)19-13/h2-8H,1H3,(H2,17,19)(H,18,21). The lowest BCUT2D eigenvalue weighted by Crippen LogP contribution is -2.14. The monoisotopic (exact) mass is 311 g/mol. The normalized spacial score (nSPS) is 10.6. The minimum absolute atomic E-state index is 0.0958. The molecule has 6 heteroatoms. The first-order valence-electron chi connectivity index (χ1n) is 6.62. The number of ketones is 1. The Kier molecular flexibility index (Phi) is 3.60. The average molecular weight is 311 g/mol. The summed E-state index contributed by atoms with van der Waals surface area (Å²) in [5.74, 6) is -0.371. The van der Waals surface area contributed by atoms with Crippen LogP contribution in [0.5, 0.6) is 0 Å². The predicted octanol–water partition coefficient (Wildman–Crippen LogP) is 3.33. The molecule has 3 aromatic rings. The maximum Gasteiger partial charge on any atom is 0.255 e. The Labute approximate surface area is 130 Å². The van der Waals surface area contributed by atoms with E-state index in [1.807, 2.05) is 0 Å². The van der Waals surface area contributed by atoms with Crippen LogP contribution in [0.25, 0.3) is 10.2 Å². The van der Waals surface area contributed by atoms with E-state index in [1.165, 1.54) is 18.3 Å². The molecule has 0 spiro atoms. The molecule has 0 aliphatic heterocycles. The van der Waals surface area contributed by atoms with Crippen molar-refractivity contribution in [2.24, 2.45) is 0 Å². The molecular formula is C16H13N3O2S. The van der Waals surface area contributed by atoms with Crippen molar-refractivity contribution < 1.29 is 9.59 Å². The summed E-state index contributed by atoms with van der Waals surface area (Å²) in [7, 11) is 0. The first-order valence-corrected chi connectivity index (χ1v) is 7.43. The highest BCUT2D eigenvalue weighted by Crippen LogP contribution is 2.25. The van der Waals surface area contributed by atoms with Crippen LogP contribution in [0, 0.1) is 0 Å². The van der Waals surface area contributed by atoms with Crippen molar-refractivity contribution in [2.45, 2.75) is 6.92 Å². The number of nitrogen functional groups attached to an aromatic ring is 1. The first-order chi connectivity index (χ1) is 10.5. The van der Waals surface area contributed by atoms with Crippen LogP contribution in [0.3, 0.4) is 0 Å². The largest absolute Gasteiger partial charge is 0.375 e. The Morgan fingerprint density at radius 1 is 1.18 bits per heavy atom. The van der Waals surface area contributed by atoms with Gasteiger partial charge in [0.25, 0.3) is 5.91 Å². The number of aromatic nitrogens is 1. The van der Waals surface area contributed by atoms with Crippen molar-refractivity contribution in [1.82, 2.24) is 4.98 Å². The number of fused-ring (bicyclic) bond motifs is 1. The van der Waals surface area contributed by atoms with Crippen molar-refractivity contribution >= 4 is 44.1 Å². The molecule has 2 aromatic carbocycles. The van der Waals surface area contributed by atoms with E-state index in [-0.39, 0.29) is 11.7 Å². The van der Waals surface area contributed by atoms with E-state index in [4.69, 9.17) is 5.73 Å². The molecule has 0 fully saturated rings. The minimum atomic E-state index is -0.275. The third-order valence-electron chi connectivity index (χ3n) is 3.22. The third-order valence-corrected chi connectivity index (χ3v) is 4.07. The summed E-state index contributed by atoms with van der Waals surface area (Å²) in [6.07, 6.45) is 0. The van der Waals surface area contributed by atoms with E-state index in [2.05, 4.69) is 10.3 Å². The van der Waals surface area contributed by atoms with Gasteiger partial charge in [-0.25, -0.2) is 4.98 Å². The number of anilines is 2. The SMILES string of the molecule is CC(=O)c1ccccc1NC(=O)c1ccc2nc(N)sc2c1. The molecule has 1 amide bonds. The molecule has 110 valence electrons. The van der Waals surface area contributed by atoms with Gasteiger partial charge in [0, 0.05) is 11.1 Å². The van der Waals surface area contributed by atoms with E-state index >= 15 is 0 Å². The number of Topliss-reactive ketones (excluding diaryl/α,β-unsaturated/α-hetero) is 1. The lowest BCUT2D eigenvalue weighted by molar-refractivity contribution is 0.101. The molecule has 0 saturated heterocycles. The van der Waals surface area contributed by atoms with Crippen molar-refractivity contribution in [3.63, 3.8) is 0 Å². The molecule has 5 nitrogen and oxygen atoms in total. The average Bonchev–Trinajstić information content (AvgIpc) is 2.86. The Hall–Kier alpha value is -2.73. The van der Waals surface area contributed by atoms with Gasteiger partial charge in [-0.15, -0.1) is 0 Å². The molecule has 22 heavy (non-hydrogen) atoms. The van der Waals surface area contributed by atoms with Gasteiger partial charge in [0.05, 0.1) is 15.9 Å². The van der Waals surface area contributed by atoms with Crippen LogP contribution in [0.15, 0.2) is 42.5 Å². The Morgan fingerprint density at radius 2 is 1.95 bits per heavy atom. The second kappa shape index (κ2) is 5.57. The number of para-hydroxylation sites is 1. The van der Waals surface area contributed by atoms with Crippen molar-refractivity contribution in [3.05, 3.63) is 53.6 Å². The number of nitrogens with two attached hydrogens (primary N) is 1. The fourth-order valence-corrected chi connectivity index (χ4v) is 2.95. The number of hydrogen-bond acceptors (Lipinski definition) is 5. The maximum atomic E-state index is 12.4. The number of amides is 1. The lowest BCUT2D eigenvalue weighted by atomic mass is 10.1. The molecule has 0 unspecified atom stereocenters. The number of hydrogen-bond donors (Lipinski definition) is 2. The summed E-state index contributed by atoms with van der Waals surface area (Å²) >= 11 is 1.33. The number of carbonyl (C=O) groups excluding carboxylic acids is 2. The Morgan fingerprint density at radius 3 is 2.73 bits per heavy atom. The third kappa shape index (κ3) is 2.68. The number of thiazole rings is 1. The van der Waals surface area contributed by atoms with Crippen LogP contribution in [0.4, 0.5) is 10.8 Å². The van der Waals surface area contributed by atoms with Crippen LogP contribution in [0.1, 0.15) is 27.6 Å². The molecule has 0 atom stereocenters. The van der Waals surface area contributed by atoms with Gasteiger partial charge < -0.3 is 11.1 Å². The van der Waals surface area contributed by atoms with Crippen LogP contribution < -0.4 is 11.1 Å². The van der Waals surface area contributed by atoms with Gasteiger partial charge in [0.2, 0.25) is 0 Å². The van der Waals surface area contributed by atoms with Gasteiger partial charge in [-0.1, -0.05) is 23.5 Å². The summed E-state index contributed by atoms with van der Waals surface area (Å²) in [5.41, 5.74) is 7.91. The predicted molar refractivity (Wildman–Crippen MR) is 88.4 cm³/mol. The molecule has 1 aromatic heterocycles. The maximum absolute atomic E-state index is 12.4. The van der Waals surface area contributed by atoms with Crippen LogP contribution in [-0.4, -0.2) is 16.7 Å². The highest BCUT2D eigenvalue weighted by atomic mass is 32.1. The summed E-state index contributed by atoms with van der Waals surface area (Å²) in [6, 6.07) is 12.1. The molecule has 0 radical (unpaired) electrons. The fraction of sp³-hybridized carbons (Fsp3) is 0.0625. The highest BCUT2D eigenvalue weighted by Gasteiger charge is 2.12. The number of benzene rings is 2. The van der Waals surface area contributed by atoms with Gasteiger partial charge in [-0.2, -0.15) is 0 Å². The van der Waals surface area contributed by atoms with E-state index in [0.717, 1.165) is 10.2 Å². The zero-order valence-electron chi connectivity index (χ0n) is 11.8. The fourth-order valence-electron chi connectivity index (χ4n) is 2.18. The van der Waals surface area contributed by atoms with Gasteiger partial charge >= 0.3 is 0 Å². The minimum Gasteiger partial charge on any atom is -0.375 e. The number of rotatable bonds is 3. The molecule has 3 N–H and O–H groups in total. The van der Waals surface area contributed by atoms with Gasteiger partial charge in [0.1, 0.15) is 0 Å². The summed E-state index contributed by atoms with van der Waals surface area (Å²) in [6.45, 7) is 1.47. The summed E-state index contributed by atoms with van der Waals surface area (Å²) in [5, 5.41) is 3.24. The zero-order chi connectivity index (χ0) is 15.7. The first kappa shape index (κ1) is 14.2. The zero-order valence-corrected chi connectivity index (χ0v) is 12.6. The molecular weight excluding hydrogens is 298 g/mol. The number of nitrogens with one attached hydrogen (secondary N) is 1. The second-order valence-corrected chi connectivity index (χ2v) is 5.85. The highest BCUT2D eigenvalue weighted by molar-refractivity contribution is 7.22. The number of nitrogens with zero attached hydrogens (tertiary/aromatic N) is 1. The van der Waals surface area contributed by atoms with E-state index < -0.39 is 0 Å². The van der Waals surface area contributed by atoms with Crippen LogP contribution in [-0.2, 0) is 0 Å².